The predicted octanol–water partition coefficient (Wildman–Crippen LogP) is 22.1. The quantitative estimate of drug-likeness (QED) is 0.139. The summed E-state index contributed by atoms with van der Waals surface area (Å²) in [4.78, 5) is 2.43. The Morgan fingerprint density at radius 2 is 0.741 bits per heavy atom. The van der Waals surface area contributed by atoms with Gasteiger partial charge in [-0.3, -0.25) is 0 Å². The van der Waals surface area contributed by atoms with Gasteiger partial charge in [0.2, 0.25) is 0 Å². The standard InChI is InChI=1S/C51H41N.C16H18.C13H12/c1-34-15-11-12-20-43(34)45-29-27-41(31-35(45)2)52(40-25-23-38(24-26-40)37-16-7-5-8-17-37)42-28-30-47-48(33-42)51(4,39-18-9-6-10-19-39)49-32-36(3)44-21-13-14-22-46(44)50(47)49;1-4-14-9-10-16(13(3)11-14)15-8-6-5-7-12(15)2;1-11-7-9-13(10-8-11)12-5-3-2-4-6-12/h5-33H,1-4H3;5-11H,4H2,1-3H3;2-10H,1H3. The molecule has 1 aliphatic rings. The lowest BCUT2D eigenvalue weighted by Crippen LogP contribution is -2.23. The summed E-state index contributed by atoms with van der Waals surface area (Å²) in [5.74, 6) is 0. The SMILES string of the molecule is CCc1ccc(-c2ccccc2C)c(C)c1.Cc1ccc(-c2ccccc2)cc1.Cc1ccccc1-c1ccc(N(c2ccc(-c3ccccc3)cc2)c2ccc3c(c2)C(C)(c2ccccc2)c2cc(C)c4ccccc4c2-3)cc1C. The number of anilines is 3. The minimum atomic E-state index is -0.329. The van der Waals surface area contributed by atoms with E-state index in [1.54, 1.807) is 0 Å². The maximum atomic E-state index is 2.46. The molecule has 0 radical (unpaired) electrons. The second-order valence-electron chi connectivity index (χ2n) is 22.0. The topological polar surface area (TPSA) is 3.24 Å². The van der Waals surface area contributed by atoms with Crippen LogP contribution in [0.4, 0.5) is 17.1 Å². The molecule has 1 nitrogen and oxygen atoms in total. The third-order valence-corrected chi connectivity index (χ3v) is 16.6. The minimum absolute atomic E-state index is 0.329. The van der Waals surface area contributed by atoms with Crippen LogP contribution in [0.3, 0.4) is 0 Å². The minimum Gasteiger partial charge on any atom is -0.310 e. The first-order valence-corrected chi connectivity index (χ1v) is 28.6. The van der Waals surface area contributed by atoms with E-state index in [2.05, 4.69) is 327 Å². The zero-order valence-electron chi connectivity index (χ0n) is 48.1. The summed E-state index contributed by atoms with van der Waals surface area (Å²) in [6.45, 7) is 17.8. The van der Waals surface area contributed by atoms with E-state index in [-0.39, 0.29) is 5.41 Å². The third kappa shape index (κ3) is 10.9. The van der Waals surface area contributed by atoms with Gasteiger partial charge >= 0.3 is 0 Å². The summed E-state index contributed by atoms with van der Waals surface area (Å²) in [6.07, 6.45) is 1.11. The molecule has 396 valence electrons. The Labute approximate surface area is 481 Å². The molecule has 81 heavy (non-hydrogen) atoms. The molecule has 0 aromatic heterocycles. The van der Waals surface area contributed by atoms with Crippen LogP contribution in [0.2, 0.25) is 0 Å². The normalized spacial score (nSPS) is 13.0. The molecular formula is C80H71N. The fourth-order valence-electron chi connectivity index (χ4n) is 12.1. The van der Waals surface area contributed by atoms with Crippen LogP contribution in [-0.2, 0) is 11.8 Å². The van der Waals surface area contributed by atoms with E-state index in [9.17, 15) is 0 Å². The fourth-order valence-corrected chi connectivity index (χ4v) is 12.1. The van der Waals surface area contributed by atoms with Gasteiger partial charge in [-0.1, -0.05) is 249 Å². The van der Waals surface area contributed by atoms with Crippen LogP contribution < -0.4 is 4.90 Å². The Morgan fingerprint density at radius 3 is 1.28 bits per heavy atom. The third-order valence-electron chi connectivity index (χ3n) is 16.6. The van der Waals surface area contributed by atoms with Crippen molar-refractivity contribution < 1.29 is 0 Å². The van der Waals surface area contributed by atoms with Gasteiger partial charge in [-0.25, -0.2) is 0 Å². The van der Waals surface area contributed by atoms with Crippen molar-refractivity contribution in [2.45, 2.75) is 67.2 Å². The van der Waals surface area contributed by atoms with Gasteiger partial charge < -0.3 is 4.90 Å². The average molecular weight is 1050 g/mol. The number of hydrogen-bond acceptors (Lipinski definition) is 1. The molecule has 0 saturated heterocycles. The van der Waals surface area contributed by atoms with Gasteiger partial charge in [0.25, 0.3) is 0 Å². The molecule has 0 saturated carbocycles. The van der Waals surface area contributed by atoms with Crippen molar-refractivity contribution in [3.8, 4) is 55.6 Å². The molecule has 1 atom stereocenters. The summed E-state index contributed by atoms with van der Waals surface area (Å²) in [6, 6.07) is 99.2. The van der Waals surface area contributed by atoms with E-state index < -0.39 is 0 Å². The van der Waals surface area contributed by atoms with Crippen LogP contribution in [0, 0.1) is 41.5 Å². The first kappa shape index (κ1) is 53.7. The zero-order chi connectivity index (χ0) is 56.0. The maximum Gasteiger partial charge on any atom is 0.0465 e. The van der Waals surface area contributed by atoms with Crippen molar-refractivity contribution in [3.63, 3.8) is 0 Å². The summed E-state index contributed by atoms with van der Waals surface area (Å²) in [5.41, 5.74) is 29.3. The van der Waals surface area contributed by atoms with E-state index in [0.29, 0.717) is 0 Å². The van der Waals surface area contributed by atoms with E-state index in [1.165, 1.54) is 122 Å². The van der Waals surface area contributed by atoms with E-state index in [0.717, 1.165) is 23.5 Å². The van der Waals surface area contributed by atoms with Gasteiger partial charge in [-0.2, -0.15) is 0 Å². The molecule has 0 amide bonds. The highest BCUT2D eigenvalue weighted by atomic mass is 15.1. The second kappa shape index (κ2) is 23.6. The van der Waals surface area contributed by atoms with E-state index in [1.807, 2.05) is 6.07 Å². The molecule has 0 N–H and O–H groups in total. The molecule has 1 unspecified atom stereocenters. The molecule has 0 bridgehead atoms. The largest absolute Gasteiger partial charge is 0.310 e. The van der Waals surface area contributed by atoms with Crippen LogP contribution in [-0.4, -0.2) is 0 Å². The smallest absolute Gasteiger partial charge is 0.0465 e. The number of hydrogen-bond donors (Lipinski definition) is 0. The summed E-state index contributed by atoms with van der Waals surface area (Å²) >= 11 is 0. The van der Waals surface area contributed by atoms with Gasteiger partial charge in [0, 0.05) is 22.5 Å². The first-order valence-electron chi connectivity index (χ1n) is 28.6. The molecular weight excluding hydrogens is 975 g/mol. The first-order chi connectivity index (χ1) is 39.5. The molecule has 12 aromatic carbocycles. The maximum absolute atomic E-state index is 2.46. The van der Waals surface area contributed by atoms with Gasteiger partial charge in [0.1, 0.15) is 0 Å². The Balaban J connectivity index is 0.000000192. The molecule has 0 heterocycles. The van der Waals surface area contributed by atoms with Gasteiger partial charge in [-0.05, 0) is 208 Å². The lowest BCUT2D eigenvalue weighted by Gasteiger charge is -2.31. The Kier molecular flexibility index (Phi) is 15.6. The summed E-state index contributed by atoms with van der Waals surface area (Å²) in [7, 11) is 0. The van der Waals surface area contributed by atoms with E-state index in [4.69, 9.17) is 0 Å². The van der Waals surface area contributed by atoms with E-state index >= 15 is 0 Å². The Morgan fingerprint density at radius 1 is 0.309 bits per heavy atom. The predicted molar refractivity (Wildman–Crippen MR) is 348 cm³/mol. The highest BCUT2D eigenvalue weighted by molar-refractivity contribution is 6.05. The van der Waals surface area contributed by atoms with Crippen LogP contribution >= 0.6 is 0 Å². The molecule has 1 aliphatic carbocycles. The molecule has 0 fully saturated rings. The molecule has 12 aromatic rings. The number of rotatable bonds is 9. The van der Waals surface area contributed by atoms with Crippen LogP contribution in [0.25, 0.3) is 66.4 Å². The van der Waals surface area contributed by atoms with Crippen molar-refractivity contribution in [3.05, 3.63) is 329 Å². The van der Waals surface area contributed by atoms with Gasteiger partial charge in [0.05, 0.1) is 0 Å². The van der Waals surface area contributed by atoms with Crippen molar-refractivity contribution in [1.82, 2.24) is 0 Å². The van der Waals surface area contributed by atoms with Gasteiger partial charge in [-0.15, -0.1) is 0 Å². The van der Waals surface area contributed by atoms with Crippen molar-refractivity contribution in [2.24, 2.45) is 0 Å². The monoisotopic (exact) mass is 1050 g/mol. The number of nitrogens with zero attached hydrogens (tertiary/aromatic N) is 1. The average Bonchev–Trinajstić information content (AvgIpc) is 4.01. The molecule has 13 rings (SSSR count). The van der Waals surface area contributed by atoms with Gasteiger partial charge in [0.15, 0.2) is 0 Å². The van der Waals surface area contributed by atoms with Crippen LogP contribution in [0.1, 0.15) is 69.5 Å². The van der Waals surface area contributed by atoms with Crippen LogP contribution in [0.15, 0.2) is 273 Å². The van der Waals surface area contributed by atoms with Crippen molar-refractivity contribution in [1.29, 1.82) is 0 Å². The summed E-state index contributed by atoms with van der Waals surface area (Å²) < 4.78 is 0. The lowest BCUT2D eigenvalue weighted by atomic mass is 9.73. The lowest BCUT2D eigenvalue weighted by molar-refractivity contribution is 0.714. The Bertz CT molecular complexity index is 4140. The number of benzene rings is 12. The molecule has 0 aliphatic heterocycles. The van der Waals surface area contributed by atoms with Crippen molar-refractivity contribution in [2.75, 3.05) is 4.90 Å². The molecule has 0 spiro atoms. The number of aryl methyl sites for hydroxylation is 7. The Hall–Kier alpha value is -9.30. The fraction of sp³-hybridized carbons (Fsp3) is 0.125. The highest BCUT2D eigenvalue weighted by Crippen LogP contribution is 2.56. The van der Waals surface area contributed by atoms with Crippen molar-refractivity contribution >= 4 is 27.8 Å². The summed E-state index contributed by atoms with van der Waals surface area (Å²) in [5, 5.41) is 2.64. The number of fused-ring (bicyclic) bond motifs is 5. The second-order valence-corrected chi connectivity index (χ2v) is 22.0. The highest BCUT2D eigenvalue weighted by Gasteiger charge is 2.42. The zero-order valence-corrected chi connectivity index (χ0v) is 48.1. The van der Waals surface area contributed by atoms with Crippen LogP contribution in [0.5, 0.6) is 0 Å². The molecule has 1 heteroatoms.